The predicted molar refractivity (Wildman–Crippen MR) is 229 cm³/mol. The number of ether oxygens (including phenoxy) is 1. The number of benzene rings is 3. The van der Waals surface area contributed by atoms with Crippen LogP contribution in [0.15, 0.2) is 29.2 Å². The summed E-state index contributed by atoms with van der Waals surface area (Å²) >= 11 is 0.301. The summed E-state index contributed by atoms with van der Waals surface area (Å²) in [5.74, 6) is -7.52. The smallest absolute Gasteiger partial charge is 0.257 e. The van der Waals surface area contributed by atoms with E-state index in [0.717, 1.165) is 27.1 Å². The number of carbonyl (C=O) groups is 2. The van der Waals surface area contributed by atoms with Crippen LogP contribution in [-0.4, -0.2) is 102 Å². The molecule has 62 heavy (non-hydrogen) atoms. The Hall–Kier alpha value is -4.68. The fourth-order valence-corrected chi connectivity index (χ4v) is 11.8. The van der Waals surface area contributed by atoms with Crippen molar-refractivity contribution in [2.45, 2.75) is 82.2 Å². The molecule has 8 rings (SSSR count). The van der Waals surface area contributed by atoms with Crippen LogP contribution in [-0.2, 0) is 27.8 Å². The van der Waals surface area contributed by atoms with E-state index in [1.165, 1.54) is 7.05 Å². The lowest BCUT2D eigenvalue weighted by molar-refractivity contribution is -0.118. The molecule has 3 aromatic carbocycles. The third kappa shape index (κ3) is 7.22. The first-order valence-electron chi connectivity index (χ1n) is 20.7. The van der Waals surface area contributed by atoms with Crippen molar-refractivity contribution in [2.24, 2.45) is 5.73 Å². The molecule has 0 aliphatic carbocycles. The van der Waals surface area contributed by atoms with E-state index in [4.69, 9.17) is 10.5 Å². The average Bonchev–Trinajstić information content (AvgIpc) is 3.21. The van der Waals surface area contributed by atoms with Gasteiger partial charge in [0.15, 0.2) is 17.2 Å². The lowest BCUT2D eigenvalue weighted by Crippen LogP contribution is -2.53. The molecule has 330 valence electrons. The van der Waals surface area contributed by atoms with E-state index in [-0.39, 0.29) is 49.0 Å². The van der Waals surface area contributed by atoms with Crippen LogP contribution in [0.3, 0.4) is 0 Å². The van der Waals surface area contributed by atoms with Crippen molar-refractivity contribution in [3.05, 3.63) is 91.3 Å². The summed E-state index contributed by atoms with van der Waals surface area (Å²) < 4.78 is 95.6. The number of carbonyl (C=O) groups excluding carboxylic acids is 2. The maximum Gasteiger partial charge on any atom is 0.257 e. The second-order valence-corrected chi connectivity index (χ2v) is 20.3. The van der Waals surface area contributed by atoms with Gasteiger partial charge in [-0.2, -0.15) is 0 Å². The fourth-order valence-electron chi connectivity index (χ4n) is 9.97. The molecule has 0 saturated heterocycles. The van der Waals surface area contributed by atoms with Crippen molar-refractivity contribution in [3.63, 3.8) is 0 Å². The standard InChI is InChI=1S/C45H49F3N4O8S2/c1-44(2)19-23(21-53)27-17-29-32(33-34(43(56)50(5)12-8-11-31(49)55)35(46)37(48)42(36(33)47)61-15-16-62(57,58)59)30-18-28-24(22-54)20-45(3,4)52-14-7-10-26(39(28)52)41(30)60-40(29)25-9-6-13-51(44)38(25)27/h17-20,53-54H,6-16,21-22H2,1-5H3,(H2-,49,55,57,58,59). The summed E-state index contributed by atoms with van der Waals surface area (Å²) in [5.41, 5.74) is 7.66. The van der Waals surface area contributed by atoms with Crippen molar-refractivity contribution in [3.8, 4) is 11.5 Å². The van der Waals surface area contributed by atoms with Gasteiger partial charge in [0.2, 0.25) is 11.3 Å². The number of aliphatic hydroxyl groups is 2. The number of aliphatic hydroxyl groups excluding tert-OH is 2. The molecular weight excluding hydrogens is 846 g/mol. The molecule has 12 nitrogen and oxygen atoms in total. The average molecular weight is 895 g/mol. The Morgan fingerprint density at radius 1 is 0.968 bits per heavy atom. The topological polar surface area (TPSA) is 177 Å². The number of primary amides is 1. The van der Waals surface area contributed by atoms with Gasteiger partial charge in [-0.05, 0) is 68.9 Å². The molecule has 0 unspecified atom stereocenters. The molecule has 0 aromatic heterocycles. The van der Waals surface area contributed by atoms with Crippen LogP contribution < -0.4 is 30.5 Å². The van der Waals surface area contributed by atoms with Gasteiger partial charge in [0.25, 0.3) is 5.91 Å². The second kappa shape index (κ2) is 15.8. The largest absolute Gasteiger partial charge is 0.748 e. The SMILES string of the molecule is CN(CCCC(N)=O)C(=O)c1c(F)c(F)c(SCCS(=O)(=O)[O-])c(F)c1C1=c2cc3c4c(c2Oc2c1cc1c5c2CCCN5C(C)(C)C=C1CO)CCC[N+]=4C(C)(C)C=C3CO. The molecule has 17 heteroatoms. The number of amides is 2. The zero-order valence-electron chi connectivity index (χ0n) is 35.2. The van der Waals surface area contributed by atoms with Crippen LogP contribution in [0.4, 0.5) is 18.9 Å². The van der Waals surface area contributed by atoms with Crippen molar-refractivity contribution >= 4 is 56.1 Å². The first kappa shape index (κ1) is 43.9. The maximum atomic E-state index is 18.0. The van der Waals surface area contributed by atoms with Gasteiger partial charge < -0.3 is 35.0 Å². The lowest BCUT2D eigenvalue weighted by Gasteiger charge is -2.47. The van der Waals surface area contributed by atoms with E-state index in [9.17, 15) is 32.8 Å². The van der Waals surface area contributed by atoms with E-state index >= 15 is 13.2 Å². The van der Waals surface area contributed by atoms with Crippen LogP contribution in [0, 0.1) is 17.5 Å². The molecule has 4 N–H and O–H groups in total. The number of hydrogen-bond donors (Lipinski definition) is 3. The molecule has 0 bridgehead atoms. The Morgan fingerprint density at radius 2 is 1.66 bits per heavy atom. The van der Waals surface area contributed by atoms with Crippen molar-refractivity contribution in [2.75, 3.05) is 56.3 Å². The van der Waals surface area contributed by atoms with Gasteiger partial charge in [-0.1, -0.05) is 6.08 Å². The highest BCUT2D eigenvalue weighted by molar-refractivity contribution is 8.00. The molecule has 0 saturated carbocycles. The number of nitrogens with zero attached hydrogens (tertiary/aromatic N) is 3. The number of nitrogens with two attached hydrogens (primary N) is 1. The Kier molecular flexibility index (Phi) is 11.2. The molecule has 3 aromatic rings. The molecule has 5 heterocycles. The zero-order valence-corrected chi connectivity index (χ0v) is 36.8. The Balaban J connectivity index is 1.55. The van der Waals surface area contributed by atoms with Crippen LogP contribution in [0.2, 0.25) is 0 Å². The molecule has 0 spiro atoms. The quantitative estimate of drug-likeness (QED) is 0.0818. The van der Waals surface area contributed by atoms with Gasteiger partial charge in [0.1, 0.15) is 23.9 Å². The number of thioether (sulfide) groups is 1. The third-order valence-corrected chi connectivity index (χ3v) is 14.7. The van der Waals surface area contributed by atoms with E-state index in [2.05, 4.69) is 9.48 Å². The van der Waals surface area contributed by atoms with E-state index < -0.39 is 78.0 Å². The van der Waals surface area contributed by atoms with Gasteiger partial charge in [-0.15, -0.1) is 11.8 Å². The normalized spacial score (nSPS) is 17.9. The Bertz CT molecular complexity index is 2800. The van der Waals surface area contributed by atoms with Crippen molar-refractivity contribution in [1.29, 1.82) is 0 Å². The van der Waals surface area contributed by atoms with Crippen LogP contribution >= 0.6 is 11.8 Å². The highest BCUT2D eigenvalue weighted by Gasteiger charge is 2.44. The second-order valence-electron chi connectivity index (χ2n) is 17.6. The van der Waals surface area contributed by atoms with Crippen LogP contribution in [0.1, 0.15) is 97.1 Å². The van der Waals surface area contributed by atoms with E-state index in [1.807, 2.05) is 39.8 Å². The third-order valence-electron chi connectivity index (χ3n) is 12.7. The molecule has 2 amide bonds. The number of fused-ring (bicyclic) bond motifs is 4. The van der Waals surface area contributed by atoms with Crippen LogP contribution in [0.25, 0.3) is 16.7 Å². The van der Waals surface area contributed by atoms with Gasteiger partial charge >= 0.3 is 0 Å². The summed E-state index contributed by atoms with van der Waals surface area (Å²) in [5, 5.41) is 22.7. The molecule has 0 fully saturated rings. The number of anilines is 1. The monoisotopic (exact) mass is 894 g/mol. The first-order valence-corrected chi connectivity index (χ1v) is 23.2. The molecule has 5 aliphatic rings. The zero-order chi connectivity index (χ0) is 44.8. The van der Waals surface area contributed by atoms with E-state index in [1.54, 1.807) is 12.1 Å². The van der Waals surface area contributed by atoms with Crippen molar-refractivity contribution in [1.82, 2.24) is 9.48 Å². The minimum Gasteiger partial charge on any atom is -0.748 e. The van der Waals surface area contributed by atoms with Gasteiger partial charge in [0, 0.05) is 91.4 Å². The first-order chi connectivity index (χ1) is 29.2. The van der Waals surface area contributed by atoms with Crippen molar-refractivity contribution < 1.29 is 50.7 Å². The minimum absolute atomic E-state index is 0.0126. The van der Waals surface area contributed by atoms with Crippen LogP contribution in [0.5, 0.6) is 11.5 Å². The highest BCUT2D eigenvalue weighted by atomic mass is 32.2. The molecule has 5 aliphatic heterocycles. The Morgan fingerprint density at radius 3 is 2.34 bits per heavy atom. The molecule has 0 radical (unpaired) electrons. The summed E-state index contributed by atoms with van der Waals surface area (Å²) in [6.45, 7) is 8.69. The van der Waals surface area contributed by atoms with Gasteiger partial charge in [-0.25, -0.2) is 26.2 Å². The summed E-state index contributed by atoms with van der Waals surface area (Å²) in [4.78, 5) is 28.6. The maximum absolute atomic E-state index is 18.0. The fraction of sp³-hybridized carbons (Fsp3) is 0.444. The lowest BCUT2D eigenvalue weighted by atomic mass is 9.78. The molecule has 0 atom stereocenters. The van der Waals surface area contributed by atoms with E-state index in [0.29, 0.717) is 84.3 Å². The summed E-state index contributed by atoms with van der Waals surface area (Å²) in [7, 11) is -3.53. The minimum atomic E-state index is -4.84. The number of rotatable bonds is 12. The summed E-state index contributed by atoms with van der Waals surface area (Å²) in [6.07, 6.45) is 6.29. The predicted octanol–water partition coefficient (Wildman–Crippen LogP) is 3.96. The number of hydrogen-bond acceptors (Lipinski definition) is 10. The highest BCUT2D eigenvalue weighted by Crippen LogP contribution is 2.53. The summed E-state index contributed by atoms with van der Waals surface area (Å²) in [6, 6.07) is 3.46. The van der Waals surface area contributed by atoms with Gasteiger partial charge in [-0.3, -0.25) is 9.59 Å². The number of halogens is 3. The Labute approximate surface area is 362 Å². The molecular formula is C45H49F3N4O8S2. The van der Waals surface area contributed by atoms with Gasteiger partial charge in [0.05, 0.1) is 56.1 Å².